The Kier molecular flexibility index (Phi) is 1.66. The first-order valence-electron chi connectivity index (χ1n) is 4.41. The monoisotopic (exact) mass is 140 g/mol. The molecule has 0 radical (unpaired) electrons. The zero-order chi connectivity index (χ0) is 6.97. The number of hydrogen-bond acceptors (Lipinski definition) is 2. The van der Waals surface area contributed by atoms with E-state index >= 15 is 0 Å². The summed E-state index contributed by atoms with van der Waals surface area (Å²) in [6, 6.07) is 1.46. The summed E-state index contributed by atoms with van der Waals surface area (Å²) in [5.74, 6) is 5.92. The number of hydrazine groups is 1. The topological polar surface area (TPSA) is 29.3 Å². The third-order valence-corrected chi connectivity index (χ3v) is 2.99. The van der Waals surface area contributed by atoms with Crippen LogP contribution in [-0.4, -0.2) is 17.1 Å². The largest absolute Gasteiger partial charge is 0.268 e. The lowest BCUT2D eigenvalue weighted by atomic mass is 9.86. The molecule has 0 aromatic rings. The van der Waals surface area contributed by atoms with E-state index in [4.69, 9.17) is 5.84 Å². The summed E-state index contributed by atoms with van der Waals surface area (Å²) < 4.78 is 0. The number of fused-ring (bicyclic) bond motifs is 2. The van der Waals surface area contributed by atoms with Gasteiger partial charge in [0.25, 0.3) is 0 Å². The lowest BCUT2D eigenvalue weighted by Crippen LogP contribution is -2.53. The predicted octanol–water partition coefficient (Wildman–Crippen LogP) is 1.27. The third kappa shape index (κ3) is 0.956. The minimum atomic E-state index is 0.729. The molecule has 2 rings (SSSR count). The van der Waals surface area contributed by atoms with Crippen LogP contribution in [0, 0.1) is 0 Å². The van der Waals surface area contributed by atoms with Crippen molar-refractivity contribution in [1.29, 1.82) is 0 Å². The molecule has 58 valence electrons. The maximum atomic E-state index is 5.92. The van der Waals surface area contributed by atoms with Gasteiger partial charge in [0, 0.05) is 12.1 Å². The Labute approximate surface area is 62.4 Å². The van der Waals surface area contributed by atoms with Crippen molar-refractivity contribution in [2.24, 2.45) is 5.84 Å². The second kappa shape index (κ2) is 2.51. The minimum Gasteiger partial charge on any atom is -0.268 e. The fourth-order valence-corrected chi connectivity index (χ4v) is 2.36. The highest BCUT2D eigenvalue weighted by atomic mass is 15.4. The minimum absolute atomic E-state index is 0.729. The van der Waals surface area contributed by atoms with Crippen LogP contribution in [0.25, 0.3) is 0 Å². The number of rotatable bonds is 0. The first-order chi connectivity index (χ1) is 4.88. The second-order valence-electron chi connectivity index (χ2n) is 3.62. The van der Waals surface area contributed by atoms with Crippen LogP contribution in [0.1, 0.15) is 38.5 Å². The summed E-state index contributed by atoms with van der Waals surface area (Å²) in [5.41, 5.74) is 0. The number of nitrogens with two attached hydrogens (primary N) is 1. The SMILES string of the molecule is NN1C2CCCC1CCC2. The van der Waals surface area contributed by atoms with Gasteiger partial charge in [-0.05, 0) is 25.7 Å². The first kappa shape index (κ1) is 6.62. The molecule has 2 heteroatoms. The van der Waals surface area contributed by atoms with Crippen LogP contribution in [-0.2, 0) is 0 Å². The molecule has 2 heterocycles. The van der Waals surface area contributed by atoms with E-state index in [1.807, 2.05) is 0 Å². The molecule has 10 heavy (non-hydrogen) atoms. The summed E-state index contributed by atoms with van der Waals surface area (Å²) in [5, 5.41) is 2.12. The van der Waals surface area contributed by atoms with Crippen LogP contribution in [0.3, 0.4) is 0 Å². The first-order valence-corrected chi connectivity index (χ1v) is 4.41. The lowest BCUT2D eigenvalue weighted by molar-refractivity contribution is 0.0404. The highest BCUT2D eigenvalue weighted by Crippen LogP contribution is 2.30. The Morgan fingerprint density at radius 3 is 1.60 bits per heavy atom. The van der Waals surface area contributed by atoms with E-state index in [2.05, 4.69) is 5.01 Å². The van der Waals surface area contributed by atoms with E-state index < -0.39 is 0 Å². The molecule has 0 aliphatic carbocycles. The van der Waals surface area contributed by atoms with E-state index in [0.717, 1.165) is 12.1 Å². The molecular weight excluding hydrogens is 124 g/mol. The Morgan fingerprint density at radius 2 is 1.30 bits per heavy atom. The molecule has 2 nitrogen and oxygen atoms in total. The molecule has 0 aromatic heterocycles. The van der Waals surface area contributed by atoms with Crippen molar-refractivity contribution in [1.82, 2.24) is 5.01 Å². The van der Waals surface area contributed by atoms with E-state index in [0.29, 0.717) is 0 Å². The third-order valence-electron chi connectivity index (χ3n) is 2.99. The maximum Gasteiger partial charge on any atom is 0.0244 e. The quantitative estimate of drug-likeness (QED) is 0.513. The summed E-state index contributed by atoms with van der Waals surface area (Å²) >= 11 is 0. The standard InChI is InChI=1S/C8H16N2/c9-10-7-3-1-4-8(10)6-2-5-7/h7-8H,1-6,9H2. The van der Waals surface area contributed by atoms with Crippen LogP contribution in [0.4, 0.5) is 0 Å². The van der Waals surface area contributed by atoms with E-state index in [1.54, 1.807) is 0 Å². The van der Waals surface area contributed by atoms with Crippen LogP contribution in [0.5, 0.6) is 0 Å². The van der Waals surface area contributed by atoms with Crippen molar-refractivity contribution >= 4 is 0 Å². The summed E-state index contributed by atoms with van der Waals surface area (Å²) in [7, 11) is 0. The molecule has 2 fully saturated rings. The molecule has 2 aliphatic heterocycles. The van der Waals surface area contributed by atoms with Crippen LogP contribution in [0.2, 0.25) is 0 Å². The number of nitrogens with zero attached hydrogens (tertiary/aromatic N) is 1. The number of hydrogen-bond donors (Lipinski definition) is 1. The van der Waals surface area contributed by atoms with E-state index in [9.17, 15) is 0 Å². The van der Waals surface area contributed by atoms with Gasteiger partial charge in [0.15, 0.2) is 0 Å². The van der Waals surface area contributed by atoms with E-state index in [-0.39, 0.29) is 0 Å². The van der Waals surface area contributed by atoms with Gasteiger partial charge in [-0.15, -0.1) is 0 Å². The molecule has 0 spiro atoms. The molecule has 2 bridgehead atoms. The molecule has 0 atom stereocenters. The van der Waals surface area contributed by atoms with Crippen molar-refractivity contribution in [3.8, 4) is 0 Å². The Hall–Kier alpha value is -0.0800. The summed E-state index contributed by atoms with van der Waals surface area (Å²) in [6.07, 6.45) is 8.17. The van der Waals surface area contributed by atoms with Crippen LogP contribution >= 0.6 is 0 Å². The smallest absolute Gasteiger partial charge is 0.0244 e. The zero-order valence-corrected chi connectivity index (χ0v) is 6.42. The predicted molar refractivity (Wildman–Crippen MR) is 41.3 cm³/mol. The normalized spacial score (nSPS) is 41.7. The average Bonchev–Trinajstić information content (AvgIpc) is 1.86. The molecule has 0 saturated carbocycles. The lowest BCUT2D eigenvalue weighted by Gasteiger charge is -2.43. The van der Waals surface area contributed by atoms with Gasteiger partial charge >= 0.3 is 0 Å². The van der Waals surface area contributed by atoms with Crippen molar-refractivity contribution in [3.05, 3.63) is 0 Å². The van der Waals surface area contributed by atoms with Crippen molar-refractivity contribution in [2.45, 2.75) is 50.6 Å². The van der Waals surface area contributed by atoms with Crippen LogP contribution in [0.15, 0.2) is 0 Å². The Balaban J connectivity index is 2.05. The Morgan fingerprint density at radius 1 is 0.900 bits per heavy atom. The molecular formula is C8H16N2. The van der Waals surface area contributed by atoms with Crippen molar-refractivity contribution in [2.75, 3.05) is 0 Å². The highest BCUT2D eigenvalue weighted by Gasteiger charge is 2.31. The van der Waals surface area contributed by atoms with Gasteiger partial charge < -0.3 is 0 Å². The zero-order valence-electron chi connectivity index (χ0n) is 6.42. The fraction of sp³-hybridized carbons (Fsp3) is 1.00. The number of piperidine rings is 2. The summed E-state index contributed by atoms with van der Waals surface area (Å²) in [4.78, 5) is 0. The average molecular weight is 140 g/mol. The summed E-state index contributed by atoms with van der Waals surface area (Å²) in [6.45, 7) is 0. The van der Waals surface area contributed by atoms with Gasteiger partial charge in [0.2, 0.25) is 0 Å². The molecule has 2 aliphatic rings. The van der Waals surface area contributed by atoms with Gasteiger partial charge in [-0.3, -0.25) is 5.84 Å². The molecule has 0 amide bonds. The van der Waals surface area contributed by atoms with Gasteiger partial charge in [-0.25, -0.2) is 5.01 Å². The van der Waals surface area contributed by atoms with Gasteiger partial charge in [-0.1, -0.05) is 12.8 Å². The van der Waals surface area contributed by atoms with Gasteiger partial charge in [0.1, 0.15) is 0 Å². The maximum absolute atomic E-state index is 5.92. The van der Waals surface area contributed by atoms with Crippen molar-refractivity contribution in [3.63, 3.8) is 0 Å². The van der Waals surface area contributed by atoms with Gasteiger partial charge in [-0.2, -0.15) is 0 Å². The van der Waals surface area contributed by atoms with Crippen molar-refractivity contribution < 1.29 is 0 Å². The highest BCUT2D eigenvalue weighted by molar-refractivity contribution is 4.85. The molecule has 0 aromatic carbocycles. The van der Waals surface area contributed by atoms with Crippen LogP contribution < -0.4 is 5.84 Å². The van der Waals surface area contributed by atoms with E-state index in [1.165, 1.54) is 38.5 Å². The molecule has 0 unspecified atom stereocenters. The Bertz CT molecular complexity index is 102. The van der Waals surface area contributed by atoms with Gasteiger partial charge in [0.05, 0.1) is 0 Å². The molecule has 2 N–H and O–H groups in total. The fourth-order valence-electron chi connectivity index (χ4n) is 2.36. The molecule has 2 saturated heterocycles. The second-order valence-corrected chi connectivity index (χ2v) is 3.62.